The molecule has 0 aliphatic heterocycles. The van der Waals surface area contributed by atoms with E-state index in [4.69, 9.17) is 10.5 Å². The van der Waals surface area contributed by atoms with E-state index in [0.717, 1.165) is 6.26 Å². The Labute approximate surface area is 110 Å². The second kappa shape index (κ2) is 4.89. The van der Waals surface area contributed by atoms with Crippen molar-refractivity contribution in [1.29, 1.82) is 0 Å². The molecule has 0 spiro atoms. The summed E-state index contributed by atoms with van der Waals surface area (Å²) in [6.07, 6.45) is 1.12. The van der Waals surface area contributed by atoms with Gasteiger partial charge in [0.15, 0.2) is 15.6 Å². The lowest BCUT2D eigenvalue weighted by Gasteiger charge is -2.09. The van der Waals surface area contributed by atoms with Crippen LogP contribution in [0.3, 0.4) is 0 Å². The topological polar surface area (TPSA) is 69.4 Å². The zero-order chi connectivity index (χ0) is 14.0. The van der Waals surface area contributed by atoms with Crippen LogP contribution in [0.2, 0.25) is 0 Å². The van der Waals surface area contributed by atoms with Gasteiger partial charge in [0.2, 0.25) is 0 Å². The maximum Gasteiger partial charge on any atom is 0.175 e. The Morgan fingerprint density at radius 1 is 1.11 bits per heavy atom. The molecule has 6 heteroatoms. The fraction of sp³-hybridized carbons (Fsp3) is 0.0769. The van der Waals surface area contributed by atoms with Crippen molar-refractivity contribution in [2.24, 2.45) is 0 Å². The third-order valence-corrected chi connectivity index (χ3v) is 3.62. The molecule has 0 fully saturated rings. The number of nitrogens with two attached hydrogens (primary N) is 1. The molecule has 0 aliphatic rings. The first-order chi connectivity index (χ1) is 8.88. The van der Waals surface area contributed by atoms with Gasteiger partial charge in [-0.05, 0) is 36.4 Å². The first kappa shape index (κ1) is 13.4. The Morgan fingerprint density at radius 3 is 2.32 bits per heavy atom. The number of halogens is 1. The maximum absolute atomic E-state index is 13.2. The van der Waals surface area contributed by atoms with Crippen LogP contribution in [0.25, 0.3) is 0 Å². The van der Waals surface area contributed by atoms with Crippen molar-refractivity contribution >= 4 is 15.5 Å². The lowest BCUT2D eigenvalue weighted by Crippen LogP contribution is -1.97. The number of rotatable bonds is 3. The Bertz CT molecular complexity index is 696. The number of hydrogen-bond donors (Lipinski definition) is 1. The van der Waals surface area contributed by atoms with E-state index in [2.05, 4.69) is 0 Å². The van der Waals surface area contributed by atoms with Gasteiger partial charge in [-0.2, -0.15) is 0 Å². The van der Waals surface area contributed by atoms with Crippen LogP contribution in [-0.4, -0.2) is 14.7 Å². The number of benzene rings is 2. The van der Waals surface area contributed by atoms with Gasteiger partial charge in [-0.25, -0.2) is 12.8 Å². The SMILES string of the molecule is CS(=O)(=O)c1ccc(Oc2cccc(F)c2N)cc1. The highest BCUT2D eigenvalue weighted by Crippen LogP contribution is 2.29. The minimum Gasteiger partial charge on any atom is -0.455 e. The summed E-state index contributed by atoms with van der Waals surface area (Å²) in [7, 11) is -3.25. The Hall–Kier alpha value is -2.08. The molecule has 0 unspecified atom stereocenters. The first-order valence-corrected chi connectivity index (χ1v) is 7.29. The fourth-order valence-electron chi connectivity index (χ4n) is 1.49. The molecule has 0 saturated carbocycles. The van der Waals surface area contributed by atoms with Crippen molar-refractivity contribution in [3.05, 3.63) is 48.3 Å². The van der Waals surface area contributed by atoms with Gasteiger partial charge in [-0.3, -0.25) is 0 Å². The van der Waals surface area contributed by atoms with Gasteiger partial charge in [0.25, 0.3) is 0 Å². The van der Waals surface area contributed by atoms with Gasteiger partial charge in [-0.15, -0.1) is 0 Å². The highest BCUT2D eigenvalue weighted by atomic mass is 32.2. The van der Waals surface area contributed by atoms with Crippen molar-refractivity contribution in [2.45, 2.75) is 4.90 Å². The summed E-state index contributed by atoms with van der Waals surface area (Å²) in [4.78, 5) is 0.187. The van der Waals surface area contributed by atoms with Crippen LogP contribution in [0.5, 0.6) is 11.5 Å². The highest BCUT2D eigenvalue weighted by Gasteiger charge is 2.09. The molecule has 100 valence electrons. The average Bonchev–Trinajstić information content (AvgIpc) is 2.35. The van der Waals surface area contributed by atoms with Gasteiger partial charge in [0.1, 0.15) is 17.3 Å². The predicted octanol–water partition coefficient (Wildman–Crippen LogP) is 2.60. The standard InChI is InChI=1S/C13H12FNO3S/c1-19(16,17)10-7-5-9(6-8-10)18-12-4-2-3-11(14)13(12)15/h2-8H,15H2,1H3. The van der Waals surface area contributed by atoms with Crippen LogP contribution in [0.4, 0.5) is 10.1 Å². The number of nitrogen functional groups attached to an aromatic ring is 1. The van der Waals surface area contributed by atoms with Crippen molar-refractivity contribution < 1.29 is 17.5 Å². The summed E-state index contributed by atoms with van der Waals surface area (Å²) in [6, 6.07) is 10.0. The number of hydrogen-bond acceptors (Lipinski definition) is 4. The van der Waals surface area contributed by atoms with Crippen molar-refractivity contribution in [2.75, 3.05) is 12.0 Å². The lowest BCUT2D eigenvalue weighted by atomic mass is 10.3. The minimum absolute atomic E-state index is 0.0883. The molecule has 0 atom stereocenters. The van der Waals surface area contributed by atoms with Crippen molar-refractivity contribution in [3.63, 3.8) is 0 Å². The molecule has 0 bridgehead atoms. The lowest BCUT2D eigenvalue weighted by molar-refractivity contribution is 0.480. The second-order valence-corrected chi connectivity index (χ2v) is 6.01. The molecular formula is C13H12FNO3S. The Balaban J connectivity index is 2.27. The van der Waals surface area contributed by atoms with E-state index >= 15 is 0 Å². The first-order valence-electron chi connectivity index (χ1n) is 5.40. The molecule has 0 aromatic heterocycles. The largest absolute Gasteiger partial charge is 0.455 e. The van der Waals surface area contributed by atoms with Crippen LogP contribution >= 0.6 is 0 Å². The summed E-state index contributed by atoms with van der Waals surface area (Å²) >= 11 is 0. The molecule has 2 N–H and O–H groups in total. The van der Waals surface area contributed by atoms with Gasteiger partial charge in [0, 0.05) is 6.26 Å². The Kier molecular flexibility index (Phi) is 3.44. The van der Waals surface area contributed by atoms with E-state index in [0.29, 0.717) is 5.75 Å². The van der Waals surface area contributed by atoms with Gasteiger partial charge < -0.3 is 10.5 Å². The van der Waals surface area contributed by atoms with Crippen molar-refractivity contribution in [3.8, 4) is 11.5 Å². The summed E-state index contributed by atoms with van der Waals surface area (Å²) in [6.45, 7) is 0. The predicted molar refractivity (Wildman–Crippen MR) is 70.4 cm³/mol. The normalized spacial score (nSPS) is 11.3. The van der Waals surface area contributed by atoms with Crippen LogP contribution in [0.15, 0.2) is 47.4 Å². The Morgan fingerprint density at radius 2 is 1.74 bits per heavy atom. The van der Waals surface area contributed by atoms with Gasteiger partial charge in [-0.1, -0.05) is 6.07 Å². The molecule has 4 nitrogen and oxygen atoms in total. The quantitative estimate of drug-likeness (QED) is 0.878. The zero-order valence-electron chi connectivity index (χ0n) is 10.1. The molecule has 2 aromatic carbocycles. The van der Waals surface area contributed by atoms with E-state index in [1.54, 1.807) is 0 Å². The van der Waals surface area contributed by atoms with E-state index in [-0.39, 0.29) is 16.3 Å². The molecule has 19 heavy (non-hydrogen) atoms. The summed E-state index contributed by atoms with van der Waals surface area (Å²) in [5.41, 5.74) is 5.45. The molecule has 0 saturated heterocycles. The zero-order valence-corrected chi connectivity index (χ0v) is 10.9. The van der Waals surface area contributed by atoms with Crippen LogP contribution < -0.4 is 10.5 Å². The number of sulfone groups is 1. The molecule has 0 heterocycles. The molecular weight excluding hydrogens is 269 g/mol. The summed E-state index contributed by atoms with van der Waals surface area (Å²) in [5.74, 6) is 0.00191. The molecule has 0 amide bonds. The summed E-state index contributed by atoms with van der Waals surface area (Å²) in [5, 5.41) is 0. The maximum atomic E-state index is 13.2. The number of para-hydroxylation sites is 1. The summed E-state index contributed by atoms with van der Waals surface area (Å²) < 4.78 is 41.2. The van der Waals surface area contributed by atoms with Crippen LogP contribution in [-0.2, 0) is 9.84 Å². The second-order valence-electron chi connectivity index (χ2n) is 4.00. The van der Waals surface area contributed by atoms with Gasteiger partial charge >= 0.3 is 0 Å². The fourth-order valence-corrected chi connectivity index (χ4v) is 2.12. The monoisotopic (exact) mass is 281 g/mol. The minimum atomic E-state index is -3.25. The van der Waals surface area contributed by atoms with E-state index in [1.165, 1.54) is 42.5 Å². The van der Waals surface area contributed by atoms with Gasteiger partial charge in [0.05, 0.1) is 4.90 Å². The molecule has 2 aromatic rings. The van der Waals surface area contributed by atoms with E-state index in [1.807, 2.05) is 0 Å². The molecule has 0 aliphatic carbocycles. The van der Waals surface area contributed by atoms with Crippen LogP contribution in [0.1, 0.15) is 0 Å². The third-order valence-electron chi connectivity index (χ3n) is 2.49. The van der Waals surface area contributed by atoms with E-state index in [9.17, 15) is 12.8 Å². The number of anilines is 1. The smallest absolute Gasteiger partial charge is 0.175 e. The highest BCUT2D eigenvalue weighted by molar-refractivity contribution is 7.90. The number of ether oxygens (including phenoxy) is 1. The average molecular weight is 281 g/mol. The van der Waals surface area contributed by atoms with Crippen LogP contribution in [0, 0.1) is 5.82 Å². The van der Waals surface area contributed by atoms with E-state index < -0.39 is 15.7 Å². The molecule has 0 radical (unpaired) electrons. The van der Waals surface area contributed by atoms with Crippen molar-refractivity contribution in [1.82, 2.24) is 0 Å². The molecule has 2 rings (SSSR count). The third kappa shape index (κ3) is 3.03.